The van der Waals surface area contributed by atoms with Gasteiger partial charge in [-0.2, -0.15) is 0 Å². The fraction of sp³-hybridized carbons (Fsp3) is 0.750. The predicted octanol–water partition coefficient (Wildman–Crippen LogP) is 1.95. The van der Waals surface area contributed by atoms with Gasteiger partial charge in [0.2, 0.25) is 7.37 Å². The summed E-state index contributed by atoms with van der Waals surface area (Å²) in [5.74, 6) is 2.93. The molecule has 3 atom stereocenters. The molecule has 1 aliphatic heterocycles. The molecule has 11 heavy (non-hydrogen) atoms. The molecule has 1 heterocycles. The second-order valence-electron chi connectivity index (χ2n) is 3.30. The number of terminal acetylenes is 1. The maximum absolute atomic E-state index is 11.5. The topological polar surface area (TPSA) is 26.3 Å². The molecule has 1 saturated heterocycles. The minimum atomic E-state index is -2.36. The second-order valence-corrected chi connectivity index (χ2v) is 5.90. The normalized spacial score (nSPS) is 44.8. The quantitative estimate of drug-likeness (QED) is 0.412. The Bertz CT molecular complexity index is 229. The highest BCUT2D eigenvalue weighted by Gasteiger charge is 2.30. The van der Waals surface area contributed by atoms with Crippen LogP contribution in [0.1, 0.15) is 13.3 Å². The third-order valence-corrected chi connectivity index (χ3v) is 3.78. The van der Waals surface area contributed by atoms with Gasteiger partial charge in [-0.25, -0.2) is 0 Å². The molecule has 1 rings (SSSR count). The molecule has 0 aromatic rings. The van der Waals surface area contributed by atoms with Crippen LogP contribution in [0.5, 0.6) is 0 Å². The smallest absolute Gasteiger partial charge is 0.201 e. The molecule has 0 saturated carbocycles. The standard InChI is InChI=1S/C8H13O2P/c1-4-8-5-7(2)6-11(3,9)10-8/h1,7-8H,5-6H2,2-3H3. The summed E-state index contributed by atoms with van der Waals surface area (Å²) in [6.07, 6.45) is 6.48. The molecule has 1 aliphatic rings. The lowest BCUT2D eigenvalue weighted by Gasteiger charge is -2.28. The van der Waals surface area contributed by atoms with Crippen molar-refractivity contribution >= 4 is 7.37 Å². The van der Waals surface area contributed by atoms with Crippen LogP contribution in [0.15, 0.2) is 0 Å². The molecule has 0 aromatic carbocycles. The summed E-state index contributed by atoms with van der Waals surface area (Å²) in [4.78, 5) is 0. The van der Waals surface area contributed by atoms with Crippen LogP contribution in [0.4, 0.5) is 0 Å². The maximum atomic E-state index is 11.5. The van der Waals surface area contributed by atoms with E-state index in [0.717, 1.165) is 6.42 Å². The zero-order valence-corrected chi connectivity index (χ0v) is 7.80. The fourth-order valence-electron chi connectivity index (χ4n) is 1.46. The SMILES string of the molecule is C#CC1CC(C)CP(C)(=O)O1. The molecule has 0 amide bonds. The monoisotopic (exact) mass is 172 g/mol. The zero-order chi connectivity index (χ0) is 8.48. The largest absolute Gasteiger partial charge is 0.312 e. The van der Waals surface area contributed by atoms with Crippen LogP contribution in [0, 0.1) is 18.3 Å². The minimum Gasteiger partial charge on any atom is -0.312 e. The Morgan fingerprint density at radius 2 is 2.36 bits per heavy atom. The highest BCUT2D eigenvalue weighted by atomic mass is 31.2. The van der Waals surface area contributed by atoms with Gasteiger partial charge in [-0.15, -0.1) is 6.42 Å². The Morgan fingerprint density at radius 3 is 2.82 bits per heavy atom. The molecule has 62 valence electrons. The summed E-state index contributed by atoms with van der Waals surface area (Å²) < 4.78 is 16.7. The summed E-state index contributed by atoms with van der Waals surface area (Å²) >= 11 is 0. The lowest BCUT2D eigenvalue weighted by Crippen LogP contribution is -2.22. The molecule has 0 aliphatic carbocycles. The summed E-state index contributed by atoms with van der Waals surface area (Å²) in [5.41, 5.74) is 0. The van der Waals surface area contributed by atoms with Gasteiger partial charge >= 0.3 is 0 Å². The van der Waals surface area contributed by atoms with Gasteiger partial charge in [-0.05, 0) is 12.3 Å². The molecule has 3 heteroatoms. The van der Waals surface area contributed by atoms with E-state index < -0.39 is 7.37 Å². The van der Waals surface area contributed by atoms with Crippen molar-refractivity contribution in [1.29, 1.82) is 0 Å². The van der Waals surface area contributed by atoms with E-state index in [1.807, 2.05) is 0 Å². The van der Waals surface area contributed by atoms with Gasteiger partial charge in [0.05, 0.1) is 0 Å². The minimum absolute atomic E-state index is 0.227. The van der Waals surface area contributed by atoms with Crippen molar-refractivity contribution in [2.75, 3.05) is 12.8 Å². The van der Waals surface area contributed by atoms with Crippen LogP contribution >= 0.6 is 7.37 Å². The number of rotatable bonds is 0. The van der Waals surface area contributed by atoms with Crippen LogP contribution in [0.2, 0.25) is 0 Å². The highest BCUT2D eigenvalue weighted by Crippen LogP contribution is 2.50. The Kier molecular flexibility index (Phi) is 2.42. The Morgan fingerprint density at radius 1 is 1.73 bits per heavy atom. The summed E-state index contributed by atoms with van der Waals surface area (Å²) in [6.45, 7) is 3.72. The van der Waals surface area contributed by atoms with Crippen LogP contribution < -0.4 is 0 Å². The van der Waals surface area contributed by atoms with E-state index in [1.54, 1.807) is 6.66 Å². The fourth-order valence-corrected chi connectivity index (χ4v) is 3.51. The molecule has 1 fully saturated rings. The third-order valence-electron chi connectivity index (χ3n) is 1.80. The first-order valence-corrected chi connectivity index (χ1v) is 6.00. The van der Waals surface area contributed by atoms with Crippen molar-refractivity contribution in [3.63, 3.8) is 0 Å². The van der Waals surface area contributed by atoms with Crippen molar-refractivity contribution in [3.05, 3.63) is 0 Å². The molecule has 0 radical (unpaired) electrons. The van der Waals surface area contributed by atoms with Crippen molar-refractivity contribution in [2.24, 2.45) is 5.92 Å². The van der Waals surface area contributed by atoms with Gasteiger partial charge < -0.3 is 4.52 Å². The average Bonchev–Trinajstić information content (AvgIpc) is 1.83. The molecule has 3 unspecified atom stereocenters. The van der Waals surface area contributed by atoms with Crippen molar-refractivity contribution in [3.8, 4) is 12.3 Å². The highest BCUT2D eigenvalue weighted by molar-refractivity contribution is 7.58. The van der Waals surface area contributed by atoms with Gasteiger partial charge in [0.25, 0.3) is 0 Å². The first-order chi connectivity index (χ1) is 5.03. The molecule has 0 spiro atoms. The number of hydrogen-bond donors (Lipinski definition) is 0. The summed E-state index contributed by atoms with van der Waals surface area (Å²) in [7, 11) is -2.36. The Hall–Kier alpha value is -0.250. The lowest BCUT2D eigenvalue weighted by atomic mass is 10.1. The maximum Gasteiger partial charge on any atom is 0.201 e. The molecular weight excluding hydrogens is 159 g/mol. The average molecular weight is 172 g/mol. The summed E-state index contributed by atoms with van der Waals surface area (Å²) in [5, 5.41) is 0. The van der Waals surface area contributed by atoms with E-state index in [4.69, 9.17) is 10.9 Å². The van der Waals surface area contributed by atoms with Gasteiger partial charge in [0, 0.05) is 12.8 Å². The predicted molar refractivity (Wildman–Crippen MR) is 45.9 cm³/mol. The van der Waals surface area contributed by atoms with E-state index in [2.05, 4.69) is 12.8 Å². The third kappa shape index (κ3) is 2.36. The van der Waals surface area contributed by atoms with Gasteiger partial charge in [-0.1, -0.05) is 12.8 Å². The van der Waals surface area contributed by atoms with E-state index in [-0.39, 0.29) is 6.10 Å². The zero-order valence-electron chi connectivity index (χ0n) is 6.91. The van der Waals surface area contributed by atoms with Crippen LogP contribution in [0.25, 0.3) is 0 Å². The van der Waals surface area contributed by atoms with Gasteiger partial charge in [0.15, 0.2) is 0 Å². The first-order valence-electron chi connectivity index (χ1n) is 3.74. The number of hydrogen-bond acceptors (Lipinski definition) is 2. The van der Waals surface area contributed by atoms with E-state index in [0.29, 0.717) is 12.1 Å². The van der Waals surface area contributed by atoms with Gasteiger partial charge in [-0.3, -0.25) is 4.57 Å². The molecular formula is C8H13O2P. The van der Waals surface area contributed by atoms with Crippen LogP contribution in [-0.2, 0) is 9.09 Å². The van der Waals surface area contributed by atoms with E-state index >= 15 is 0 Å². The van der Waals surface area contributed by atoms with Crippen molar-refractivity contribution in [1.82, 2.24) is 0 Å². The Labute approximate surface area is 67.8 Å². The molecule has 2 nitrogen and oxygen atoms in total. The Balaban J connectivity index is 2.68. The molecule has 0 bridgehead atoms. The summed E-state index contributed by atoms with van der Waals surface area (Å²) in [6, 6.07) is 0. The van der Waals surface area contributed by atoms with Crippen molar-refractivity contribution < 1.29 is 9.09 Å². The van der Waals surface area contributed by atoms with Crippen molar-refractivity contribution in [2.45, 2.75) is 19.4 Å². The molecule has 0 aromatic heterocycles. The van der Waals surface area contributed by atoms with Crippen LogP contribution in [-0.4, -0.2) is 18.9 Å². The molecule has 0 N–H and O–H groups in total. The van der Waals surface area contributed by atoms with E-state index in [9.17, 15) is 4.57 Å². The van der Waals surface area contributed by atoms with Crippen LogP contribution in [0.3, 0.4) is 0 Å². The lowest BCUT2D eigenvalue weighted by molar-refractivity contribution is 0.206. The second kappa shape index (κ2) is 3.01. The first kappa shape index (κ1) is 8.84. The van der Waals surface area contributed by atoms with E-state index in [1.165, 1.54) is 0 Å². The van der Waals surface area contributed by atoms with Gasteiger partial charge in [0.1, 0.15) is 6.10 Å².